The van der Waals surface area contributed by atoms with Crippen LogP contribution in [0.5, 0.6) is 5.75 Å². The third-order valence-electron chi connectivity index (χ3n) is 4.55. The monoisotopic (exact) mass is 405 g/mol. The standard InChI is InChI=1S/C19H17Cl2N3O3/c1-26-16-5-3-11(20)8-14(16)18(25)24-7-6-13(10-24)22-19-23-15-4-2-12(21)9-17(15)27-19/h2-5,8-9,13H,6-7,10H2,1H3,(H,22,23). The number of amides is 1. The summed E-state index contributed by atoms with van der Waals surface area (Å²) in [6, 6.07) is 10.8. The van der Waals surface area contributed by atoms with Gasteiger partial charge in [0.1, 0.15) is 11.3 Å². The SMILES string of the molecule is COc1ccc(Cl)cc1C(=O)N1CCC(Nc2nc3ccc(Cl)cc3o2)C1. The van der Waals surface area contributed by atoms with E-state index in [4.69, 9.17) is 32.4 Å². The summed E-state index contributed by atoms with van der Waals surface area (Å²) in [5, 5.41) is 4.35. The first-order chi connectivity index (χ1) is 13.0. The third-order valence-corrected chi connectivity index (χ3v) is 5.02. The van der Waals surface area contributed by atoms with E-state index < -0.39 is 0 Å². The molecular formula is C19H17Cl2N3O3. The minimum Gasteiger partial charge on any atom is -0.496 e. The summed E-state index contributed by atoms with van der Waals surface area (Å²) in [5.41, 5.74) is 1.82. The second-order valence-corrected chi connectivity index (χ2v) is 7.23. The van der Waals surface area contributed by atoms with Crippen molar-refractivity contribution in [3.8, 4) is 5.75 Å². The molecule has 6 nitrogen and oxygen atoms in total. The second-order valence-electron chi connectivity index (χ2n) is 6.36. The lowest BCUT2D eigenvalue weighted by molar-refractivity contribution is 0.0788. The fraction of sp³-hybridized carbons (Fsp3) is 0.263. The maximum Gasteiger partial charge on any atom is 0.295 e. The van der Waals surface area contributed by atoms with E-state index in [0.717, 1.165) is 11.9 Å². The molecule has 3 aromatic rings. The van der Waals surface area contributed by atoms with Crippen LogP contribution in [0.1, 0.15) is 16.8 Å². The van der Waals surface area contributed by atoms with Gasteiger partial charge in [-0.3, -0.25) is 4.79 Å². The van der Waals surface area contributed by atoms with Gasteiger partial charge >= 0.3 is 0 Å². The van der Waals surface area contributed by atoms with E-state index in [-0.39, 0.29) is 11.9 Å². The normalized spacial score (nSPS) is 16.7. The molecule has 1 aliphatic rings. The number of fused-ring (bicyclic) bond motifs is 1. The number of nitrogens with one attached hydrogen (secondary N) is 1. The number of aromatic nitrogens is 1. The average molecular weight is 406 g/mol. The molecule has 0 spiro atoms. The minimum atomic E-state index is -0.108. The van der Waals surface area contributed by atoms with E-state index in [2.05, 4.69) is 10.3 Å². The van der Waals surface area contributed by atoms with Crippen molar-refractivity contribution in [1.29, 1.82) is 0 Å². The quantitative estimate of drug-likeness (QED) is 0.693. The van der Waals surface area contributed by atoms with Crippen LogP contribution < -0.4 is 10.1 Å². The maximum atomic E-state index is 12.9. The summed E-state index contributed by atoms with van der Waals surface area (Å²) < 4.78 is 11.0. The molecule has 1 unspecified atom stereocenters. The van der Waals surface area contributed by atoms with E-state index in [1.54, 1.807) is 35.2 Å². The number of carbonyl (C=O) groups is 1. The first-order valence-electron chi connectivity index (χ1n) is 8.49. The number of ether oxygens (including phenoxy) is 1. The molecule has 1 fully saturated rings. The third kappa shape index (κ3) is 3.68. The fourth-order valence-electron chi connectivity index (χ4n) is 3.22. The highest BCUT2D eigenvalue weighted by molar-refractivity contribution is 6.31. The lowest BCUT2D eigenvalue weighted by atomic mass is 10.1. The van der Waals surface area contributed by atoms with Crippen molar-refractivity contribution in [1.82, 2.24) is 9.88 Å². The van der Waals surface area contributed by atoms with Crippen molar-refractivity contribution in [3.05, 3.63) is 52.0 Å². The molecule has 0 aliphatic carbocycles. The number of benzene rings is 2. The van der Waals surface area contributed by atoms with Gasteiger partial charge in [-0.25, -0.2) is 0 Å². The molecule has 4 rings (SSSR count). The number of hydrogen-bond acceptors (Lipinski definition) is 5. The van der Waals surface area contributed by atoms with Crippen LogP contribution in [-0.2, 0) is 0 Å². The van der Waals surface area contributed by atoms with Gasteiger partial charge in [-0.2, -0.15) is 4.98 Å². The number of hydrogen-bond donors (Lipinski definition) is 1. The summed E-state index contributed by atoms with van der Waals surface area (Å²) in [6.45, 7) is 1.16. The number of carbonyl (C=O) groups excluding carboxylic acids is 1. The van der Waals surface area contributed by atoms with Crippen LogP contribution >= 0.6 is 23.2 Å². The molecule has 1 amide bonds. The van der Waals surface area contributed by atoms with Crippen LogP contribution in [-0.4, -0.2) is 42.0 Å². The number of rotatable bonds is 4. The predicted octanol–water partition coefficient (Wildman–Crippen LogP) is 4.47. The number of halogens is 2. The van der Waals surface area contributed by atoms with Crippen LogP contribution in [0.2, 0.25) is 10.0 Å². The Morgan fingerprint density at radius 2 is 2.04 bits per heavy atom. The summed E-state index contributed by atoms with van der Waals surface area (Å²) in [6.07, 6.45) is 0.786. The molecule has 2 aromatic carbocycles. The molecule has 1 aliphatic heterocycles. The van der Waals surface area contributed by atoms with Gasteiger partial charge in [-0.05, 0) is 36.8 Å². The van der Waals surface area contributed by atoms with Gasteiger partial charge in [-0.1, -0.05) is 23.2 Å². The zero-order valence-corrected chi connectivity index (χ0v) is 16.0. The fourth-order valence-corrected chi connectivity index (χ4v) is 3.55. The predicted molar refractivity (Wildman–Crippen MR) is 105 cm³/mol. The minimum absolute atomic E-state index is 0.0441. The summed E-state index contributed by atoms with van der Waals surface area (Å²) in [4.78, 5) is 19.0. The Balaban J connectivity index is 1.46. The molecular weight excluding hydrogens is 389 g/mol. The summed E-state index contributed by atoms with van der Waals surface area (Å²) >= 11 is 12.0. The number of oxazole rings is 1. The largest absolute Gasteiger partial charge is 0.496 e. The topological polar surface area (TPSA) is 67.6 Å². The number of likely N-dealkylation sites (tertiary alicyclic amines) is 1. The Bertz CT molecular complexity index is 1010. The molecule has 140 valence electrons. The Morgan fingerprint density at radius 1 is 1.26 bits per heavy atom. The van der Waals surface area contributed by atoms with E-state index in [1.807, 2.05) is 6.07 Å². The van der Waals surface area contributed by atoms with Crippen molar-refractivity contribution in [3.63, 3.8) is 0 Å². The highest BCUT2D eigenvalue weighted by Gasteiger charge is 2.29. The number of nitrogens with zero attached hydrogens (tertiary/aromatic N) is 2. The van der Waals surface area contributed by atoms with Gasteiger partial charge in [0.2, 0.25) is 0 Å². The van der Waals surface area contributed by atoms with Crippen LogP contribution in [0, 0.1) is 0 Å². The smallest absolute Gasteiger partial charge is 0.295 e. The van der Waals surface area contributed by atoms with Crippen molar-refractivity contribution in [2.45, 2.75) is 12.5 Å². The lowest BCUT2D eigenvalue weighted by Crippen LogP contribution is -2.31. The Kier molecular flexibility index (Phi) is 4.85. The summed E-state index contributed by atoms with van der Waals surface area (Å²) in [5.74, 6) is 0.402. The number of anilines is 1. The number of methoxy groups -OCH3 is 1. The molecule has 2 heterocycles. The molecule has 0 bridgehead atoms. The van der Waals surface area contributed by atoms with Crippen molar-refractivity contribution in [2.24, 2.45) is 0 Å². The van der Waals surface area contributed by atoms with Gasteiger partial charge in [0, 0.05) is 35.2 Å². The van der Waals surface area contributed by atoms with Gasteiger partial charge in [-0.15, -0.1) is 0 Å². The molecule has 27 heavy (non-hydrogen) atoms. The Morgan fingerprint density at radius 3 is 2.85 bits per heavy atom. The molecule has 0 saturated carbocycles. The van der Waals surface area contributed by atoms with E-state index >= 15 is 0 Å². The highest BCUT2D eigenvalue weighted by atomic mass is 35.5. The van der Waals surface area contributed by atoms with Crippen molar-refractivity contribution < 1.29 is 13.9 Å². The zero-order chi connectivity index (χ0) is 19.0. The van der Waals surface area contributed by atoms with Crippen LogP contribution in [0.3, 0.4) is 0 Å². The Hall–Kier alpha value is -2.44. The van der Waals surface area contributed by atoms with Gasteiger partial charge in [0.15, 0.2) is 5.58 Å². The van der Waals surface area contributed by atoms with Crippen molar-refractivity contribution >= 4 is 46.2 Å². The van der Waals surface area contributed by atoms with Gasteiger partial charge in [0.05, 0.1) is 12.7 Å². The Labute approximate surface area is 166 Å². The van der Waals surface area contributed by atoms with Crippen LogP contribution in [0.4, 0.5) is 6.01 Å². The van der Waals surface area contributed by atoms with E-state index in [1.165, 1.54) is 7.11 Å². The van der Waals surface area contributed by atoms with Gasteiger partial charge < -0.3 is 19.4 Å². The zero-order valence-electron chi connectivity index (χ0n) is 14.5. The summed E-state index contributed by atoms with van der Waals surface area (Å²) in [7, 11) is 1.54. The molecule has 1 N–H and O–H groups in total. The average Bonchev–Trinajstić information content (AvgIpc) is 3.27. The van der Waals surface area contributed by atoms with E-state index in [9.17, 15) is 4.79 Å². The first kappa shape index (κ1) is 17.9. The molecule has 1 saturated heterocycles. The highest BCUT2D eigenvalue weighted by Crippen LogP contribution is 2.27. The van der Waals surface area contributed by atoms with Gasteiger partial charge in [0.25, 0.3) is 11.9 Å². The lowest BCUT2D eigenvalue weighted by Gasteiger charge is -2.18. The van der Waals surface area contributed by atoms with Crippen LogP contribution in [0.25, 0.3) is 11.1 Å². The second kappa shape index (κ2) is 7.29. The molecule has 8 heteroatoms. The first-order valence-corrected chi connectivity index (χ1v) is 9.24. The van der Waals surface area contributed by atoms with Crippen LogP contribution in [0.15, 0.2) is 40.8 Å². The van der Waals surface area contributed by atoms with E-state index in [0.29, 0.717) is 46.0 Å². The molecule has 1 aromatic heterocycles. The maximum absolute atomic E-state index is 12.9. The van der Waals surface area contributed by atoms with Crippen molar-refractivity contribution in [2.75, 3.05) is 25.5 Å². The molecule has 1 atom stereocenters. The molecule has 0 radical (unpaired) electrons.